The molecule has 0 radical (unpaired) electrons. The molecule has 0 spiro atoms. The average molecular weight is 625 g/mol. The van der Waals surface area contributed by atoms with Crippen LogP contribution in [-0.4, -0.2) is 42.4 Å². The van der Waals surface area contributed by atoms with Crippen LogP contribution in [0.15, 0.2) is 115 Å². The number of hydrogen-bond acceptors (Lipinski definition) is 3. The Kier molecular flexibility index (Phi) is 10.9. The first kappa shape index (κ1) is 34.4. The van der Waals surface area contributed by atoms with Gasteiger partial charge in [0.1, 0.15) is 0 Å². The first-order chi connectivity index (χ1) is 21.3. The number of nitrogens with zero attached hydrogens (tertiary/aromatic N) is 1. The summed E-state index contributed by atoms with van der Waals surface area (Å²) in [5, 5.41) is 7.27. The molecule has 4 aromatic rings. The fourth-order valence-corrected chi connectivity index (χ4v) is 12.3. The molecule has 0 bridgehead atoms. The van der Waals surface area contributed by atoms with Crippen molar-refractivity contribution in [2.24, 2.45) is 0 Å². The Morgan fingerprint density at radius 3 is 1.53 bits per heavy atom. The zero-order valence-electron chi connectivity index (χ0n) is 28.6. The normalized spacial score (nSPS) is 12.9. The van der Waals surface area contributed by atoms with Gasteiger partial charge in [-0.1, -0.05) is 0 Å². The van der Waals surface area contributed by atoms with Crippen LogP contribution in [0.25, 0.3) is 0 Å². The molecule has 1 N–H and O–H groups in total. The summed E-state index contributed by atoms with van der Waals surface area (Å²) in [6, 6.07) is 41.1. The van der Waals surface area contributed by atoms with Gasteiger partial charge in [0.2, 0.25) is 0 Å². The van der Waals surface area contributed by atoms with Crippen LogP contribution in [0.3, 0.4) is 0 Å². The quantitative estimate of drug-likeness (QED) is 0.155. The Morgan fingerprint density at radius 1 is 0.667 bits per heavy atom. The van der Waals surface area contributed by atoms with E-state index in [1.54, 1.807) is 0 Å². The van der Waals surface area contributed by atoms with E-state index in [4.69, 9.17) is 4.74 Å². The second kappa shape index (κ2) is 14.3. The van der Waals surface area contributed by atoms with Crippen molar-refractivity contribution in [3.05, 3.63) is 121 Å². The number of hydrogen-bond donors (Lipinski definition) is 1. The zero-order valence-corrected chi connectivity index (χ0v) is 29.6. The van der Waals surface area contributed by atoms with Crippen molar-refractivity contribution in [2.45, 2.75) is 77.6 Å². The Labute approximate surface area is 272 Å². The number of anilines is 1. The van der Waals surface area contributed by atoms with Crippen LogP contribution in [0, 0.1) is 0 Å². The first-order valence-corrected chi connectivity index (χ1v) is 18.2. The Bertz CT molecular complexity index is 1400. The van der Waals surface area contributed by atoms with E-state index in [1.807, 2.05) is 24.3 Å². The summed E-state index contributed by atoms with van der Waals surface area (Å²) in [4.78, 5) is 15.1. The second-order valence-electron chi connectivity index (χ2n) is 14.4. The van der Waals surface area contributed by atoms with Gasteiger partial charge in [-0.15, -0.1) is 0 Å². The molecule has 4 rings (SSSR count). The summed E-state index contributed by atoms with van der Waals surface area (Å²) in [7, 11) is -0.413. The van der Waals surface area contributed by atoms with Crippen LogP contribution >= 0.6 is 7.26 Å². The molecule has 240 valence electrons. The SMILES string of the molecule is CN(c1ccc(C(=O)NCCC(C)(C)OCCC(C)(C)[PH](c2ccccc2)(c2ccccc2)c2ccccc2)cc1)C(C)(C)C. The van der Waals surface area contributed by atoms with E-state index in [1.165, 1.54) is 15.9 Å². The van der Waals surface area contributed by atoms with Gasteiger partial charge in [0.25, 0.3) is 0 Å². The van der Waals surface area contributed by atoms with Gasteiger partial charge in [0.05, 0.1) is 0 Å². The summed E-state index contributed by atoms with van der Waals surface area (Å²) < 4.78 is 6.59. The number of ether oxygens (including phenoxy) is 1. The van der Waals surface area contributed by atoms with Crippen molar-refractivity contribution in [1.29, 1.82) is 0 Å². The molecular weight excluding hydrogens is 571 g/mol. The average Bonchev–Trinajstić information content (AvgIpc) is 3.02. The summed E-state index contributed by atoms with van der Waals surface area (Å²) in [6.07, 6.45) is 1.63. The van der Waals surface area contributed by atoms with Crippen LogP contribution in [0.2, 0.25) is 0 Å². The smallest absolute Gasteiger partial charge is 0.0423 e. The molecule has 0 saturated heterocycles. The molecule has 0 saturated carbocycles. The number of nitrogens with one attached hydrogen (secondary N) is 1. The standard InChI is InChI=1S/C40H53N2O2P/c1-38(2,3)42(8)33-26-24-32(25-27-33)37(43)41-30-28-39(4,5)44-31-29-40(6,7)45(34-18-12-9-13-19-34,35-20-14-10-15-21-35)36-22-16-11-17-23-36/h9-27,45H,28-31H2,1-8H3,(H,41,43). The van der Waals surface area contributed by atoms with E-state index in [0.717, 1.165) is 18.5 Å². The molecular formula is C40H53N2O2P. The van der Waals surface area contributed by atoms with Crippen molar-refractivity contribution >= 4 is 34.8 Å². The number of carbonyl (C=O) groups is 1. The molecule has 45 heavy (non-hydrogen) atoms. The molecule has 4 nitrogen and oxygen atoms in total. The Morgan fingerprint density at radius 2 is 1.11 bits per heavy atom. The van der Waals surface area contributed by atoms with Gasteiger partial charge in [-0.05, 0) is 20.8 Å². The number of rotatable bonds is 13. The summed E-state index contributed by atoms with van der Waals surface area (Å²) >= 11 is 0. The van der Waals surface area contributed by atoms with E-state index in [9.17, 15) is 4.79 Å². The summed E-state index contributed by atoms with van der Waals surface area (Å²) in [5.41, 5.74) is 1.40. The fraction of sp³-hybridized carbons (Fsp3) is 0.375. The molecule has 0 heterocycles. The van der Waals surface area contributed by atoms with Crippen molar-refractivity contribution in [3.63, 3.8) is 0 Å². The van der Waals surface area contributed by atoms with Crippen LogP contribution in [0.1, 0.15) is 71.7 Å². The van der Waals surface area contributed by atoms with Gasteiger partial charge in [0, 0.05) is 18.3 Å². The van der Waals surface area contributed by atoms with Gasteiger partial charge in [-0.3, -0.25) is 0 Å². The molecule has 5 heteroatoms. The van der Waals surface area contributed by atoms with Gasteiger partial charge in [-0.2, -0.15) is 0 Å². The van der Waals surface area contributed by atoms with Gasteiger partial charge in [0.15, 0.2) is 0 Å². The Hall–Kier alpha value is -3.46. The molecule has 0 atom stereocenters. The van der Waals surface area contributed by atoms with Crippen molar-refractivity contribution in [1.82, 2.24) is 5.32 Å². The molecule has 0 unspecified atom stereocenters. The summed E-state index contributed by atoms with van der Waals surface area (Å²) in [6.45, 7) is 16.8. The van der Waals surface area contributed by atoms with Crippen molar-refractivity contribution in [2.75, 3.05) is 25.1 Å². The van der Waals surface area contributed by atoms with Crippen molar-refractivity contribution in [3.8, 4) is 0 Å². The van der Waals surface area contributed by atoms with Crippen LogP contribution in [0.5, 0.6) is 0 Å². The molecule has 0 aliphatic rings. The van der Waals surface area contributed by atoms with E-state index < -0.39 is 7.26 Å². The third-order valence-electron chi connectivity index (χ3n) is 9.39. The monoisotopic (exact) mass is 624 g/mol. The minimum atomic E-state index is -2.49. The zero-order chi connectivity index (χ0) is 32.7. The van der Waals surface area contributed by atoms with Gasteiger partial charge < -0.3 is 4.90 Å². The van der Waals surface area contributed by atoms with Crippen LogP contribution in [0.4, 0.5) is 5.69 Å². The van der Waals surface area contributed by atoms with Gasteiger partial charge >= 0.3 is 229 Å². The molecule has 0 fully saturated rings. The van der Waals surface area contributed by atoms with Crippen LogP contribution in [-0.2, 0) is 4.74 Å². The second-order valence-corrected chi connectivity index (χ2v) is 19.0. The molecule has 0 aliphatic heterocycles. The fourth-order valence-electron chi connectivity index (χ4n) is 6.38. The topological polar surface area (TPSA) is 41.6 Å². The van der Waals surface area contributed by atoms with E-state index >= 15 is 0 Å². The molecule has 4 aromatic carbocycles. The maximum atomic E-state index is 12.9. The molecule has 1 amide bonds. The third-order valence-corrected chi connectivity index (χ3v) is 15.3. The molecule has 0 aromatic heterocycles. The predicted molar refractivity (Wildman–Crippen MR) is 197 cm³/mol. The first-order valence-electron chi connectivity index (χ1n) is 16.2. The van der Waals surface area contributed by atoms with Gasteiger partial charge in [-0.25, -0.2) is 0 Å². The molecule has 0 aliphatic carbocycles. The number of carbonyl (C=O) groups excluding carboxylic acids is 1. The van der Waals surface area contributed by atoms with E-state index in [0.29, 0.717) is 18.7 Å². The number of benzene rings is 4. The minimum Gasteiger partial charge on any atom is -0.0423 e. The van der Waals surface area contributed by atoms with E-state index in [-0.39, 0.29) is 22.2 Å². The van der Waals surface area contributed by atoms with Crippen LogP contribution < -0.4 is 26.1 Å². The number of amides is 1. The Balaban J connectivity index is 1.44. The minimum absolute atomic E-state index is 0.0128. The van der Waals surface area contributed by atoms with Crippen molar-refractivity contribution < 1.29 is 9.53 Å². The van der Waals surface area contributed by atoms with E-state index in [2.05, 4.69) is 157 Å². The maximum absolute atomic E-state index is 12.9. The third kappa shape index (κ3) is 8.04. The predicted octanol–water partition coefficient (Wildman–Crippen LogP) is 7.73. The summed E-state index contributed by atoms with van der Waals surface area (Å²) in [5.74, 6) is -0.0544.